The molecule has 20 heavy (non-hydrogen) atoms. The number of nitrogens with one attached hydrogen (secondary N) is 2. The third-order valence-electron chi connectivity index (χ3n) is 2.51. The van der Waals surface area contributed by atoms with Crippen LogP contribution in [0.3, 0.4) is 0 Å². The van der Waals surface area contributed by atoms with Gasteiger partial charge in [-0.2, -0.15) is 0 Å². The van der Waals surface area contributed by atoms with Crippen molar-refractivity contribution in [1.29, 1.82) is 0 Å². The molecule has 0 heterocycles. The quantitative estimate of drug-likeness (QED) is 0.778. The van der Waals surface area contributed by atoms with Gasteiger partial charge in [-0.1, -0.05) is 19.9 Å². The molecule has 0 saturated carbocycles. The molecule has 0 bridgehead atoms. The molecule has 3 N–H and O–H groups in total. The van der Waals surface area contributed by atoms with Crippen molar-refractivity contribution in [1.82, 2.24) is 5.32 Å². The van der Waals surface area contributed by atoms with Crippen molar-refractivity contribution >= 4 is 17.7 Å². The number of benzene rings is 1. The predicted molar refractivity (Wildman–Crippen MR) is 69.4 cm³/mol. The van der Waals surface area contributed by atoms with Gasteiger partial charge in [0.1, 0.15) is 6.04 Å². The zero-order valence-electron chi connectivity index (χ0n) is 11.1. The second-order valence-electron chi connectivity index (χ2n) is 4.72. The largest absolute Gasteiger partial charge is 0.480 e. The number of carbonyl (C=O) groups is 2. The van der Waals surface area contributed by atoms with Gasteiger partial charge in [0.25, 0.3) is 0 Å². The lowest BCUT2D eigenvalue weighted by Gasteiger charge is -2.17. The molecule has 0 saturated heterocycles. The molecule has 1 aromatic carbocycles. The number of carboxylic acids is 1. The van der Waals surface area contributed by atoms with Crippen LogP contribution in [0.1, 0.15) is 20.3 Å². The number of urea groups is 1. The van der Waals surface area contributed by atoms with Gasteiger partial charge in [-0.05, 0) is 24.5 Å². The number of hydrogen-bond donors (Lipinski definition) is 3. The Kier molecular flexibility index (Phi) is 5.42. The number of amides is 2. The van der Waals surface area contributed by atoms with E-state index in [0.717, 1.165) is 6.07 Å². The van der Waals surface area contributed by atoms with Crippen molar-refractivity contribution in [2.24, 2.45) is 5.92 Å². The van der Waals surface area contributed by atoms with Gasteiger partial charge < -0.3 is 15.7 Å². The van der Waals surface area contributed by atoms with Crippen molar-refractivity contribution in [3.8, 4) is 0 Å². The molecular weight excluding hydrogens is 270 g/mol. The summed E-state index contributed by atoms with van der Waals surface area (Å²) < 4.78 is 26.3. The van der Waals surface area contributed by atoms with Crippen LogP contribution in [0.5, 0.6) is 0 Å². The Morgan fingerprint density at radius 3 is 2.50 bits per heavy atom. The van der Waals surface area contributed by atoms with Gasteiger partial charge in [-0.15, -0.1) is 0 Å². The first-order valence-electron chi connectivity index (χ1n) is 6.05. The van der Waals surface area contributed by atoms with Gasteiger partial charge in [0.05, 0.1) is 5.69 Å². The standard InChI is InChI=1S/C13H16F2N2O3/c1-7(2)6-10(12(18)19)17-13(20)16-9-5-3-4-8(14)11(9)15/h3-5,7,10H,6H2,1-2H3,(H,18,19)(H2,16,17,20). The Labute approximate surface area is 115 Å². The monoisotopic (exact) mass is 286 g/mol. The summed E-state index contributed by atoms with van der Waals surface area (Å²) in [6, 6.07) is 1.33. The van der Waals surface area contributed by atoms with Crippen molar-refractivity contribution in [2.45, 2.75) is 26.3 Å². The molecular formula is C13H16F2N2O3. The van der Waals surface area contributed by atoms with Gasteiger partial charge in [0.2, 0.25) is 0 Å². The first-order valence-corrected chi connectivity index (χ1v) is 6.05. The van der Waals surface area contributed by atoms with Gasteiger partial charge in [-0.25, -0.2) is 18.4 Å². The number of carbonyl (C=O) groups excluding carboxylic acids is 1. The fourth-order valence-electron chi connectivity index (χ4n) is 1.61. The zero-order chi connectivity index (χ0) is 15.3. The maximum atomic E-state index is 13.3. The van der Waals surface area contributed by atoms with E-state index in [2.05, 4.69) is 10.6 Å². The summed E-state index contributed by atoms with van der Waals surface area (Å²) in [5.74, 6) is -3.42. The molecule has 1 rings (SSSR count). The first kappa shape index (κ1) is 15.9. The van der Waals surface area contributed by atoms with E-state index in [0.29, 0.717) is 0 Å². The molecule has 0 aromatic heterocycles. The second-order valence-corrected chi connectivity index (χ2v) is 4.72. The summed E-state index contributed by atoms with van der Waals surface area (Å²) in [5, 5.41) is 13.2. The number of anilines is 1. The van der Waals surface area contributed by atoms with Crippen LogP contribution in [0.25, 0.3) is 0 Å². The first-order chi connectivity index (χ1) is 9.31. The molecule has 7 heteroatoms. The van der Waals surface area contributed by atoms with Crippen molar-refractivity contribution in [3.05, 3.63) is 29.8 Å². The predicted octanol–water partition coefficient (Wildman–Crippen LogP) is 2.59. The van der Waals surface area contributed by atoms with E-state index in [1.54, 1.807) is 0 Å². The minimum atomic E-state index is -1.20. The molecule has 0 fully saturated rings. The number of hydrogen-bond acceptors (Lipinski definition) is 2. The normalized spacial score (nSPS) is 12.1. The van der Waals surface area contributed by atoms with Gasteiger partial charge >= 0.3 is 12.0 Å². The van der Waals surface area contributed by atoms with E-state index in [1.807, 2.05) is 13.8 Å². The fraction of sp³-hybridized carbons (Fsp3) is 0.385. The summed E-state index contributed by atoms with van der Waals surface area (Å²) in [6.45, 7) is 3.61. The topological polar surface area (TPSA) is 78.4 Å². The molecule has 1 atom stereocenters. The smallest absolute Gasteiger partial charge is 0.326 e. The van der Waals surface area contributed by atoms with Crippen LogP contribution >= 0.6 is 0 Å². The maximum absolute atomic E-state index is 13.3. The Hall–Kier alpha value is -2.18. The summed E-state index contributed by atoms with van der Waals surface area (Å²) in [6.07, 6.45) is 0.231. The van der Waals surface area contributed by atoms with Crippen LogP contribution in [0.4, 0.5) is 19.3 Å². The minimum absolute atomic E-state index is 0.0577. The van der Waals surface area contributed by atoms with E-state index < -0.39 is 29.7 Å². The van der Waals surface area contributed by atoms with E-state index >= 15 is 0 Å². The lowest BCUT2D eigenvalue weighted by Crippen LogP contribution is -2.43. The van der Waals surface area contributed by atoms with Crippen molar-refractivity contribution < 1.29 is 23.5 Å². The summed E-state index contributed by atoms with van der Waals surface area (Å²) in [4.78, 5) is 22.6. The number of carboxylic acid groups (broad SMARTS) is 1. The van der Waals surface area contributed by atoms with E-state index in [9.17, 15) is 18.4 Å². The molecule has 0 radical (unpaired) electrons. The summed E-state index contributed by atoms with van der Waals surface area (Å²) >= 11 is 0. The average molecular weight is 286 g/mol. The SMILES string of the molecule is CC(C)CC(NC(=O)Nc1cccc(F)c1F)C(=O)O. The molecule has 0 spiro atoms. The van der Waals surface area contributed by atoms with E-state index in [1.165, 1.54) is 12.1 Å². The maximum Gasteiger partial charge on any atom is 0.326 e. The van der Waals surface area contributed by atoms with Crippen LogP contribution in [0, 0.1) is 17.6 Å². The third-order valence-corrected chi connectivity index (χ3v) is 2.51. The highest BCUT2D eigenvalue weighted by Gasteiger charge is 2.21. The molecule has 1 aromatic rings. The molecule has 1 unspecified atom stereocenters. The zero-order valence-corrected chi connectivity index (χ0v) is 11.1. The third kappa shape index (κ3) is 4.49. The highest BCUT2D eigenvalue weighted by atomic mass is 19.2. The average Bonchev–Trinajstić information content (AvgIpc) is 2.33. The van der Waals surface area contributed by atoms with Crippen LogP contribution in [-0.4, -0.2) is 23.1 Å². The molecule has 0 aliphatic rings. The lowest BCUT2D eigenvalue weighted by molar-refractivity contribution is -0.139. The molecule has 0 aliphatic carbocycles. The highest BCUT2D eigenvalue weighted by molar-refractivity contribution is 5.92. The van der Waals surface area contributed by atoms with E-state index in [4.69, 9.17) is 5.11 Å². The second kappa shape index (κ2) is 6.83. The Bertz CT molecular complexity index is 506. The van der Waals surface area contributed by atoms with Crippen LogP contribution in [0.2, 0.25) is 0 Å². The highest BCUT2D eigenvalue weighted by Crippen LogP contribution is 2.16. The van der Waals surface area contributed by atoms with Crippen molar-refractivity contribution in [2.75, 3.05) is 5.32 Å². The number of halogens is 2. The summed E-state index contributed by atoms with van der Waals surface area (Å²) in [5.41, 5.74) is -0.351. The van der Waals surface area contributed by atoms with Crippen LogP contribution in [0.15, 0.2) is 18.2 Å². The van der Waals surface area contributed by atoms with E-state index in [-0.39, 0.29) is 18.0 Å². The van der Waals surface area contributed by atoms with Gasteiger partial charge in [-0.3, -0.25) is 0 Å². The summed E-state index contributed by atoms with van der Waals surface area (Å²) in [7, 11) is 0. The molecule has 110 valence electrons. The minimum Gasteiger partial charge on any atom is -0.480 e. The number of rotatable bonds is 5. The lowest BCUT2D eigenvalue weighted by atomic mass is 10.0. The Morgan fingerprint density at radius 1 is 1.30 bits per heavy atom. The fourth-order valence-corrected chi connectivity index (χ4v) is 1.61. The van der Waals surface area contributed by atoms with Gasteiger partial charge in [0, 0.05) is 0 Å². The van der Waals surface area contributed by atoms with Crippen LogP contribution in [-0.2, 0) is 4.79 Å². The molecule has 2 amide bonds. The number of aliphatic carboxylic acids is 1. The molecule has 5 nitrogen and oxygen atoms in total. The van der Waals surface area contributed by atoms with Crippen molar-refractivity contribution in [3.63, 3.8) is 0 Å². The molecule has 0 aliphatic heterocycles. The Morgan fingerprint density at radius 2 is 1.95 bits per heavy atom. The van der Waals surface area contributed by atoms with Crippen LogP contribution < -0.4 is 10.6 Å². The van der Waals surface area contributed by atoms with Gasteiger partial charge in [0.15, 0.2) is 11.6 Å². The Balaban J connectivity index is 2.71.